The Balaban J connectivity index is 1.47. The lowest BCUT2D eigenvalue weighted by Crippen LogP contribution is -2.35. The van der Waals surface area contributed by atoms with Crippen LogP contribution in [0, 0.1) is 0 Å². The average Bonchev–Trinajstić information content (AvgIpc) is 3.25. The van der Waals surface area contributed by atoms with Crippen molar-refractivity contribution in [2.45, 2.75) is 26.1 Å². The molecule has 1 aliphatic rings. The molecule has 1 aromatic heterocycles. The zero-order valence-electron chi connectivity index (χ0n) is 23.5. The Morgan fingerprint density at radius 3 is 2.34 bits per heavy atom. The number of amides is 1. The second-order valence-corrected chi connectivity index (χ2v) is 10.5. The van der Waals surface area contributed by atoms with Crippen molar-refractivity contribution in [3.63, 3.8) is 0 Å². The first-order chi connectivity index (χ1) is 19.8. The molecule has 1 aliphatic heterocycles. The number of aromatic nitrogens is 1. The molecule has 2 heterocycles. The fourth-order valence-corrected chi connectivity index (χ4v) is 5.59. The van der Waals surface area contributed by atoms with Crippen LogP contribution >= 0.6 is 15.9 Å². The van der Waals surface area contributed by atoms with Crippen molar-refractivity contribution in [2.75, 3.05) is 35.0 Å². The average molecular weight is 624 g/mol. The van der Waals surface area contributed by atoms with Gasteiger partial charge in [-0.05, 0) is 73.0 Å². The van der Waals surface area contributed by atoms with E-state index < -0.39 is 5.91 Å². The van der Waals surface area contributed by atoms with Gasteiger partial charge in [-0.2, -0.15) is 0 Å². The molecule has 1 atom stereocenters. The predicted molar refractivity (Wildman–Crippen MR) is 158 cm³/mol. The minimum atomic E-state index is -0.577. The molecule has 0 fully saturated rings. The summed E-state index contributed by atoms with van der Waals surface area (Å²) in [7, 11) is 6.28. The van der Waals surface area contributed by atoms with Crippen LogP contribution in [0.2, 0.25) is 0 Å². The van der Waals surface area contributed by atoms with Gasteiger partial charge in [0.15, 0.2) is 28.7 Å². The summed E-state index contributed by atoms with van der Waals surface area (Å²) in [6, 6.07) is 14.5. The van der Waals surface area contributed by atoms with Crippen LogP contribution in [0.4, 0.5) is 5.69 Å². The number of fused-ring (bicyclic) bond motifs is 2. The van der Waals surface area contributed by atoms with Gasteiger partial charge in [0.05, 0.1) is 40.6 Å². The van der Waals surface area contributed by atoms with Crippen molar-refractivity contribution in [2.24, 2.45) is 10.2 Å². The highest BCUT2D eigenvalue weighted by molar-refractivity contribution is 9.10. The van der Waals surface area contributed by atoms with E-state index in [1.807, 2.05) is 30.3 Å². The van der Waals surface area contributed by atoms with Gasteiger partial charge in [-0.25, -0.2) is 0 Å². The summed E-state index contributed by atoms with van der Waals surface area (Å²) < 4.78 is 24.2. The molecule has 3 aromatic carbocycles. The Bertz CT molecular complexity index is 1650. The lowest BCUT2D eigenvalue weighted by molar-refractivity contribution is 0.0994. The van der Waals surface area contributed by atoms with Gasteiger partial charge in [-0.15, -0.1) is 10.2 Å². The van der Waals surface area contributed by atoms with E-state index in [1.165, 1.54) is 19.8 Å². The third-order valence-electron chi connectivity index (χ3n) is 7.48. The highest BCUT2D eigenvalue weighted by Gasteiger charge is 2.28. The van der Waals surface area contributed by atoms with Crippen LogP contribution in [0.5, 0.6) is 28.9 Å². The topological polar surface area (TPSA) is 107 Å². The molecule has 0 radical (unpaired) electrons. The number of aromatic hydroxyl groups is 1. The number of hydrogen-bond acceptors (Lipinski definition) is 8. The van der Waals surface area contributed by atoms with Gasteiger partial charge in [0.2, 0.25) is 5.88 Å². The Hall–Kier alpha value is -4.09. The zero-order valence-corrected chi connectivity index (χ0v) is 25.1. The van der Waals surface area contributed by atoms with Gasteiger partial charge < -0.3 is 24.1 Å². The summed E-state index contributed by atoms with van der Waals surface area (Å²) in [4.78, 5) is 15.2. The summed E-state index contributed by atoms with van der Waals surface area (Å²) in [6.07, 6.45) is 0.817. The summed E-state index contributed by atoms with van der Waals surface area (Å²) >= 11 is 3.51. The molecule has 0 saturated carbocycles. The molecule has 41 heavy (non-hydrogen) atoms. The Morgan fingerprint density at radius 1 is 0.951 bits per heavy atom. The van der Waals surface area contributed by atoms with E-state index in [-0.39, 0.29) is 23.2 Å². The van der Waals surface area contributed by atoms with Gasteiger partial charge in [-0.3, -0.25) is 14.3 Å². The van der Waals surface area contributed by atoms with Crippen molar-refractivity contribution in [1.82, 2.24) is 9.47 Å². The summed E-state index contributed by atoms with van der Waals surface area (Å²) in [5.74, 6) is 1.65. The molecule has 214 valence electrons. The van der Waals surface area contributed by atoms with Crippen LogP contribution in [0.25, 0.3) is 10.9 Å². The van der Waals surface area contributed by atoms with Crippen LogP contribution in [0.15, 0.2) is 63.2 Å². The largest absolute Gasteiger partial charge is 0.493 e. The number of carbonyl (C=O) groups excluding carboxylic acids is 1. The minimum Gasteiger partial charge on any atom is -0.493 e. The SMILES string of the molecule is COc1ccc(C(=O)N=Nc2c(O)n(CN3CCc4cc(OC)c(OC)cc4[C@H]3C)c3ccc(Br)cc23)cc1OC. The standard InChI is InChI=1S/C30H31BrN4O6/c1-17-21-15-27(41-5)26(40-4)12-18(21)10-11-34(17)16-35-23-8-7-20(31)14-22(23)28(30(35)37)32-33-29(36)19-6-9-24(38-2)25(13-19)39-3/h6-9,12-15,17,37H,10-11,16H2,1-5H3/t17-/m1/s1. The highest BCUT2D eigenvalue weighted by Crippen LogP contribution is 2.43. The van der Waals surface area contributed by atoms with E-state index in [4.69, 9.17) is 18.9 Å². The van der Waals surface area contributed by atoms with Gasteiger partial charge in [0, 0.05) is 28.0 Å². The smallest absolute Gasteiger partial charge is 0.295 e. The lowest BCUT2D eigenvalue weighted by Gasteiger charge is -2.36. The van der Waals surface area contributed by atoms with Crippen LogP contribution in [0.3, 0.4) is 0 Å². The van der Waals surface area contributed by atoms with Gasteiger partial charge >= 0.3 is 0 Å². The van der Waals surface area contributed by atoms with Crippen LogP contribution in [-0.4, -0.2) is 55.5 Å². The van der Waals surface area contributed by atoms with E-state index in [1.54, 1.807) is 37.0 Å². The maximum Gasteiger partial charge on any atom is 0.295 e. The molecule has 11 heteroatoms. The third-order valence-corrected chi connectivity index (χ3v) is 7.97. The quantitative estimate of drug-likeness (QED) is 0.219. The first kappa shape index (κ1) is 28.4. The Morgan fingerprint density at radius 2 is 1.63 bits per heavy atom. The Labute approximate surface area is 246 Å². The summed E-state index contributed by atoms with van der Waals surface area (Å²) in [5, 5.41) is 20.2. The molecule has 0 aliphatic carbocycles. The van der Waals surface area contributed by atoms with Crippen molar-refractivity contribution in [1.29, 1.82) is 0 Å². The lowest BCUT2D eigenvalue weighted by atomic mass is 9.93. The molecule has 4 aromatic rings. The number of hydrogen-bond donors (Lipinski definition) is 1. The van der Waals surface area contributed by atoms with Crippen LogP contribution in [-0.2, 0) is 13.1 Å². The fourth-order valence-electron chi connectivity index (χ4n) is 5.23. The zero-order chi connectivity index (χ0) is 29.3. The fraction of sp³-hybridized carbons (Fsp3) is 0.300. The van der Waals surface area contributed by atoms with E-state index >= 15 is 0 Å². The van der Waals surface area contributed by atoms with Crippen LogP contribution in [0.1, 0.15) is 34.5 Å². The highest BCUT2D eigenvalue weighted by atomic mass is 79.9. The molecule has 0 unspecified atom stereocenters. The molecule has 5 rings (SSSR count). The molecular formula is C30H31BrN4O6. The van der Waals surface area contributed by atoms with Gasteiger partial charge in [0.1, 0.15) is 0 Å². The number of benzene rings is 3. The number of nitrogens with zero attached hydrogens (tertiary/aromatic N) is 4. The molecule has 10 nitrogen and oxygen atoms in total. The number of halogens is 1. The minimum absolute atomic E-state index is 0.0440. The molecular weight excluding hydrogens is 592 g/mol. The molecule has 1 N–H and O–H groups in total. The van der Waals surface area contributed by atoms with Crippen molar-refractivity contribution in [3.05, 3.63) is 69.7 Å². The normalized spacial score (nSPS) is 15.2. The summed E-state index contributed by atoms with van der Waals surface area (Å²) in [6.45, 7) is 3.30. The predicted octanol–water partition coefficient (Wildman–Crippen LogP) is 6.64. The monoisotopic (exact) mass is 622 g/mol. The molecule has 0 spiro atoms. The van der Waals surface area contributed by atoms with Crippen molar-refractivity contribution >= 4 is 38.4 Å². The van der Waals surface area contributed by atoms with E-state index in [0.29, 0.717) is 35.1 Å². The van der Waals surface area contributed by atoms with Crippen molar-refractivity contribution < 1.29 is 28.8 Å². The molecule has 0 bridgehead atoms. The first-order valence-electron chi connectivity index (χ1n) is 13.0. The van der Waals surface area contributed by atoms with E-state index in [0.717, 1.165) is 28.5 Å². The maximum atomic E-state index is 12.9. The summed E-state index contributed by atoms with van der Waals surface area (Å²) in [5.41, 5.74) is 3.62. The van der Waals surface area contributed by atoms with Gasteiger partial charge in [0.25, 0.3) is 5.91 Å². The maximum absolute atomic E-state index is 12.9. The number of methoxy groups -OCH3 is 4. The number of carbonyl (C=O) groups is 1. The van der Waals surface area contributed by atoms with E-state index in [9.17, 15) is 9.90 Å². The van der Waals surface area contributed by atoms with Gasteiger partial charge in [-0.1, -0.05) is 15.9 Å². The third kappa shape index (κ3) is 5.34. The number of rotatable bonds is 8. The second kappa shape index (κ2) is 11.8. The van der Waals surface area contributed by atoms with Crippen LogP contribution < -0.4 is 18.9 Å². The second-order valence-electron chi connectivity index (χ2n) is 9.62. The Kier molecular flexibility index (Phi) is 8.18. The van der Waals surface area contributed by atoms with E-state index in [2.05, 4.69) is 38.0 Å². The number of azo groups is 1. The van der Waals surface area contributed by atoms with Crippen molar-refractivity contribution in [3.8, 4) is 28.9 Å². The first-order valence-corrected chi connectivity index (χ1v) is 13.8. The molecule has 0 saturated heterocycles. The molecule has 1 amide bonds. The number of ether oxygens (including phenoxy) is 4.